The van der Waals surface area contributed by atoms with Crippen LogP contribution in [0, 0.1) is 6.92 Å². The van der Waals surface area contributed by atoms with Gasteiger partial charge in [0.2, 0.25) is 10.0 Å². The first-order chi connectivity index (χ1) is 13.6. The van der Waals surface area contributed by atoms with Gasteiger partial charge in [-0.05, 0) is 44.5 Å². The predicted molar refractivity (Wildman–Crippen MR) is 107 cm³/mol. The van der Waals surface area contributed by atoms with Crippen LogP contribution in [0.25, 0.3) is 0 Å². The Balaban J connectivity index is 2.49. The first-order valence-corrected chi connectivity index (χ1v) is 10.7. The number of carbonyl (C=O) groups is 2. The summed E-state index contributed by atoms with van der Waals surface area (Å²) in [6.07, 6.45) is 0.639. The normalized spacial score (nSPS) is 11.2. The lowest BCUT2D eigenvalue weighted by Gasteiger charge is -2.19. The van der Waals surface area contributed by atoms with E-state index in [2.05, 4.69) is 5.32 Å². The maximum Gasteiger partial charge on any atom is 0.417 e. The number of benzene rings is 1. The van der Waals surface area contributed by atoms with Crippen LogP contribution in [-0.2, 0) is 21.3 Å². The van der Waals surface area contributed by atoms with Gasteiger partial charge >= 0.3 is 12.1 Å². The van der Waals surface area contributed by atoms with Gasteiger partial charge in [0.1, 0.15) is 10.7 Å². The third-order valence-corrected chi connectivity index (χ3v) is 5.75. The van der Waals surface area contributed by atoms with E-state index in [1.165, 1.54) is 18.1 Å². The molecule has 29 heavy (non-hydrogen) atoms. The summed E-state index contributed by atoms with van der Waals surface area (Å²) >= 11 is 6.17. The Bertz CT molecular complexity index is 1000. The van der Waals surface area contributed by atoms with Gasteiger partial charge < -0.3 is 19.4 Å². The van der Waals surface area contributed by atoms with Gasteiger partial charge in [-0.25, -0.2) is 23.1 Å². The van der Waals surface area contributed by atoms with E-state index in [1.807, 2.05) is 0 Å². The number of nitrogens with two attached hydrogens (primary N) is 1. The maximum absolute atomic E-state index is 12.7. The highest BCUT2D eigenvalue weighted by molar-refractivity contribution is 7.89. The smallest absolute Gasteiger partial charge is 0.417 e. The topological polar surface area (TPSA) is 132 Å². The van der Waals surface area contributed by atoms with Crippen LogP contribution in [0.15, 0.2) is 33.8 Å². The molecule has 0 radical (unpaired) electrons. The van der Waals surface area contributed by atoms with Gasteiger partial charge in [0.05, 0.1) is 29.1 Å². The summed E-state index contributed by atoms with van der Waals surface area (Å²) < 4.78 is 33.9. The number of halogens is 1. The van der Waals surface area contributed by atoms with Gasteiger partial charge in [-0.2, -0.15) is 0 Å². The van der Waals surface area contributed by atoms with E-state index < -0.39 is 27.0 Å². The Labute approximate surface area is 173 Å². The SMILES string of the molecule is CCN(CC)C(=O)OC(=O)c1cc(S(N)(=O)=O)c(Cl)c(C)c1NCc1ccco1. The van der Waals surface area contributed by atoms with E-state index in [9.17, 15) is 18.0 Å². The van der Waals surface area contributed by atoms with Crippen LogP contribution in [-0.4, -0.2) is 38.5 Å². The van der Waals surface area contributed by atoms with E-state index in [-0.39, 0.29) is 28.4 Å². The van der Waals surface area contributed by atoms with Crippen molar-refractivity contribution in [1.82, 2.24) is 4.90 Å². The summed E-state index contributed by atoms with van der Waals surface area (Å²) in [5, 5.41) is 8.05. The number of esters is 1. The molecule has 0 bridgehead atoms. The monoisotopic (exact) mass is 443 g/mol. The Morgan fingerprint density at radius 1 is 1.31 bits per heavy atom. The average molecular weight is 444 g/mol. The van der Waals surface area contributed by atoms with Gasteiger partial charge in [0, 0.05) is 13.1 Å². The summed E-state index contributed by atoms with van der Waals surface area (Å²) in [7, 11) is -4.22. The zero-order valence-corrected chi connectivity index (χ0v) is 17.8. The van der Waals surface area contributed by atoms with Gasteiger partial charge in [-0.15, -0.1) is 0 Å². The van der Waals surface area contributed by atoms with Crippen molar-refractivity contribution in [3.8, 4) is 0 Å². The molecule has 1 amide bonds. The molecule has 0 atom stereocenters. The molecule has 0 aliphatic rings. The third-order valence-electron chi connectivity index (χ3n) is 4.21. The molecular formula is C18H22ClN3O6S. The molecule has 2 rings (SSSR count). The van der Waals surface area contributed by atoms with Crippen molar-refractivity contribution in [1.29, 1.82) is 0 Å². The summed E-state index contributed by atoms with van der Waals surface area (Å²) in [6, 6.07) is 4.40. The zero-order valence-electron chi connectivity index (χ0n) is 16.2. The van der Waals surface area contributed by atoms with Crippen LogP contribution in [0.4, 0.5) is 10.5 Å². The minimum atomic E-state index is -4.22. The lowest BCUT2D eigenvalue weighted by atomic mass is 10.1. The lowest BCUT2D eigenvalue weighted by Crippen LogP contribution is -2.33. The summed E-state index contributed by atoms with van der Waals surface area (Å²) in [5.74, 6) is -0.469. The second-order valence-electron chi connectivity index (χ2n) is 6.04. The number of hydrogen-bond donors (Lipinski definition) is 2. The van der Waals surface area contributed by atoms with Gasteiger partial charge in [-0.1, -0.05) is 11.6 Å². The second-order valence-corrected chi connectivity index (χ2v) is 7.95. The number of amides is 1. The first kappa shape index (κ1) is 22.7. The highest BCUT2D eigenvalue weighted by atomic mass is 35.5. The fraction of sp³-hybridized carbons (Fsp3) is 0.333. The number of nitrogens with zero attached hydrogens (tertiary/aromatic N) is 1. The van der Waals surface area contributed by atoms with Crippen LogP contribution in [0.2, 0.25) is 5.02 Å². The van der Waals surface area contributed by atoms with Crippen LogP contribution >= 0.6 is 11.6 Å². The predicted octanol–water partition coefficient (Wildman–Crippen LogP) is 3.12. The summed E-state index contributed by atoms with van der Waals surface area (Å²) in [6.45, 7) is 5.85. The van der Waals surface area contributed by atoms with Crippen LogP contribution in [0.3, 0.4) is 0 Å². The van der Waals surface area contributed by atoms with Crippen molar-refractivity contribution in [2.45, 2.75) is 32.2 Å². The number of carbonyl (C=O) groups excluding carboxylic acids is 2. The van der Waals surface area contributed by atoms with Crippen LogP contribution in [0.1, 0.15) is 35.5 Å². The molecule has 1 heterocycles. The molecule has 158 valence electrons. The van der Waals surface area contributed by atoms with E-state index in [0.29, 0.717) is 18.8 Å². The first-order valence-electron chi connectivity index (χ1n) is 8.73. The van der Waals surface area contributed by atoms with E-state index >= 15 is 0 Å². The largest absolute Gasteiger partial charge is 0.467 e. The molecule has 2 aromatic rings. The number of furan rings is 1. The number of primary sulfonamides is 1. The Hall–Kier alpha value is -2.56. The van der Waals surface area contributed by atoms with E-state index in [1.54, 1.807) is 26.0 Å². The van der Waals surface area contributed by atoms with Crippen molar-refractivity contribution >= 4 is 39.4 Å². The molecule has 0 saturated heterocycles. The molecular weight excluding hydrogens is 422 g/mol. The second kappa shape index (κ2) is 9.29. The fourth-order valence-electron chi connectivity index (χ4n) is 2.63. The quantitative estimate of drug-likeness (QED) is 0.496. The van der Waals surface area contributed by atoms with Crippen molar-refractivity contribution in [3.05, 3.63) is 46.4 Å². The summed E-state index contributed by atoms with van der Waals surface area (Å²) in [4.78, 5) is 25.7. The highest BCUT2D eigenvalue weighted by Crippen LogP contribution is 2.34. The molecule has 0 aliphatic heterocycles. The molecule has 0 unspecified atom stereocenters. The fourth-order valence-corrected chi connectivity index (χ4v) is 3.78. The Kier molecular flexibility index (Phi) is 7.28. The Morgan fingerprint density at radius 2 is 1.97 bits per heavy atom. The highest BCUT2D eigenvalue weighted by Gasteiger charge is 2.27. The lowest BCUT2D eigenvalue weighted by molar-refractivity contribution is 0.0550. The minimum Gasteiger partial charge on any atom is -0.467 e. The molecule has 0 spiro atoms. The average Bonchev–Trinajstić information content (AvgIpc) is 3.16. The zero-order chi connectivity index (χ0) is 21.8. The summed E-state index contributed by atoms with van der Waals surface area (Å²) in [5.41, 5.74) is 0.270. The number of anilines is 1. The minimum absolute atomic E-state index is 0.138. The number of ether oxygens (including phenoxy) is 1. The number of rotatable bonds is 7. The van der Waals surface area contributed by atoms with E-state index in [0.717, 1.165) is 6.07 Å². The number of hydrogen-bond acceptors (Lipinski definition) is 7. The molecule has 0 saturated carbocycles. The Morgan fingerprint density at radius 3 is 2.48 bits per heavy atom. The van der Waals surface area contributed by atoms with Crippen LogP contribution in [0.5, 0.6) is 0 Å². The molecule has 1 aromatic heterocycles. The molecule has 11 heteroatoms. The molecule has 9 nitrogen and oxygen atoms in total. The van der Waals surface area contributed by atoms with Crippen molar-refractivity contribution in [3.63, 3.8) is 0 Å². The van der Waals surface area contributed by atoms with Crippen molar-refractivity contribution in [2.24, 2.45) is 5.14 Å². The third kappa shape index (κ3) is 5.28. The molecule has 0 fully saturated rings. The van der Waals surface area contributed by atoms with Crippen molar-refractivity contribution in [2.75, 3.05) is 18.4 Å². The van der Waals surface area contributed by atoms with Gasteiger partial charge in [0.25, 0.3) is 0 Å². The molecule has 1 aromatic carbocycles. The number of sulfonamides is 1. The molecule has 3 N–H and O–H groups in total. The standard InChI is InChI=1S/C18H22ClN3O6S/c1-4-22(5-2)18(24)28-17(23)13-9-14(29(20,25)26)15(19)11(3)16(13)21-10-12-7-6-8-27-12/h6-9,21H,4-5,10H2,1-3H3,(H2,20,25,26). The number of nitrogens with one attached hydrogen (secondary N) is 1. The van der Waals surface area contributed by atoms with Gasteiger partial charge in [0.15, 0.2) is 0 Å². The van der Waals surface area contributed by atoms with E-state index in [4.69, 9.17) is 25.9 Å². The van der Waals surface area contributed by atoms with Crippen molar-refractivity contribution < 1.29 is 27.2 Å². The maximum atomic E-state index is 12.7. The van der Waals surface area contributed by atoms with Crippen LogP contribution < -0.4 is 10.5 Å². The molecule has 0 aliphatic carbocycles. The van der Waals surface area contributed by atoms with Gasteiger partial charge in [-0.3, -0.25) is 0 Å².